The van der Waals surface area contributed by atoms with E-state index in [1.165, 1.54) is 32.1 Å². The minimum atomic E-state index is 0.285. The molecule has 116 valence electrons. The Morgan fingerprint density at radius 3 is 2.43 bits per heavy atom. The van der Waals surface area contributed by atoms with Gasteiger partial charge in [-0.3, -0.25) is 0 Å². The van der Waals surface area contributed by atoms with Gasteiger partial charge >= 0.3 is 0 Å². The third kappa shape index (κ3) is 3.91. The van der Waals surface area contributed by atoms with E-state index in [0.717, 1.165) is 31.0 Å². The fourth-order valence-corrected chi connectivity index (χ4v) is 3.34. The Kier molecular flexibility index (Phi) is 5.02. The number of hydrogen-bond donors (Lipinski definition) is 1. The summed E-state index contributed by atoms with van der Waals surface area (Å²) >= 11 is 0. The molecule has 0 amide bonds. The predicted molar refractivity (Wildman–Crippen MR) is 85.0 cm³/mol. The van der Waals surface area contributed by atoms with Crippen molar-refractivity contribution in [2.45, 2.75) is 57.7 Å². The van der Waals surface area contributed by atoms with Crippen molar-refractivity contribution in [3.05, 3.63) is 24.3 Å². The van der Waals surface area contributed by atoms with E-state index >= 15 is 0 Å². The highest BCUT2D eigenvalue weighted by Gasteiger charge is 2.23. The van der Waals surface area contributed by atoms with Gasteiger partial charge in [-0.05, 0) is 57.2 Å². The molecule has 2 unspecified atom stereocenters. The van der Waals surface area contributed by atoms with Crippen molar-refractivity contribution in [2.24, 2.45) is 5.92 Å². The van der Waals surface area contributed by atoms with Crippen molar-refractivity contribution >= 4 is 0 Å². The van der Waals surface area contributed by atoms with E-state index in [9.17, 15) is 0 Å². The summed E-state index contributed by atoms with van der Waals surface area (Å²) in [4.78, 5) is 0. The molecule has 3 heteroatoms. The van der Waals surface area contributed by atoms with Crippen molar-refractivity contribution in [3.8, 4) is 11.5 Å². The summed E-state index contributed by atoms with van der Waals surface area (Å²) in [5, 5.41) is 3.47. The summed E-state index contributed by atoms with van der Waals surface area (Å²) in [5.74, 6) is 2.38. The van der Waals surface area contributed by atoms with Crippen molar-refractivity contribution in [1.29, 1.82) is 0 Å². The van der Waals surface area contributed by atoms with Crippen LogP contribution in [0, 0.1) is 5.92 Å². The van der Waals surface area contributed by atoms with Gasteiger partial charge in [0, 0.05) is 12.5 Å². The van der Waals surface area contributed by atoms with Crippen LogP contribution in [-0.4, -0.2) is 25.3 Å². The van der Waals surface area contributed by atoms with Crippen molar-refractivity contribution in [2.75, 3.05) is 13.1 Å². The van der Waals surface area contributed by atoms with Gasteiger partial charge in [-0.15, -0.1) is 0 Å². The number of para-hydroxylation sites is 2. The molecule has 3 nitrogen and oxygen atoms in total. The largest absolute Gasteiger partial charge is 0.487 e. The number of hydrogen-bond acceptors (Lipinski definition) is 3. The summed E-state index contributed by atoms with van der Waals surface area (Å²) in [5.41, 5.74) is 0. The first kappa shape index (κ1) is 14.7. The molecule has 1 aliphatic heterocycles. The summed E-state index contributed by atoms with van der Waals surface area (Å²) < 4.78 is 12.5. The Morgan fingerprint density at radius 1 is 0.952 bits per heavy atom. The normalized spacial score (nSPS) is 27.3. The Hall–Kier alpha value is -1.22. The standard InChI is InChI=1S/C18H27NO2/c1-14-13-19-12-6-11-16(14)21-18-10-5-4-9-17(18)20-15-7-2-3-8-15/h4-5,9-10,14-16,19H,2-3,6-8,11-13H2,1H3. The molecule has 1 saturated heterocycles. The van der Waals surface area contributed by atoms with E-state index in [4.69, 9.17) is 9.47 Å². The lowest BCUT2D eigenvalue weighted by Gasteiger charge is -2.25. The maximum Gasteiger partial charge on any atom is 0.161 e. The first-order chi connectivity index (χ1) is 10.3. The highest BCUT2D eigenvalue weighted by Crippen LogP contribution is 2.33. The van der Waals surface area contributed by atoms with Gasteiger partial charge in [0.2, 0.25) is 0 Å². The number of ether oxygens (including phenoxy) is 2. The molecule has 1 aliphatic carbocycles. The first-order valence-corrected chi connectivity index (χ1v) is 8.46. The van der Waals surface area contributed by atoms with E-state index < -0.39 is 0 Å². The molecule has 0 radical (unpaired) electrons. The van der Waals surface area contributed by atoms with Crippen LogP contribution >= 0.6 is 0 Å². The molecule has 1 aromatic rings. The molecule has 1 N–H and O–H groups in total. The van der Waals surface area contributed by atoms with Crippen LogP contribution in [0.3, 0.4) is 0 Å². The topological polar surface area (TPSA) is 30.5 Å². The van der Waals surface area contributed by atoms with E-state index in [2.05, 4.69) is 18.3 Å². The van der Waals surface area contributed by atoms with Crippen LogP contribution in [0.25, 0.3) is 0 Å². The highest BCUT2D eigenvalue weighted by atomic mass is 16.5. The SMILES string of the molecule is CC1CNCCCC1Oc1ccccc1OC1CCCC1. The zero-order valence-electron chi connectivity index (χ0n) is 13.0. The second-order valence-electron chi connectivity index (χ2n) is 6.45. The maximum absolute atomic E-state index is 6.32. The molecule has 1 heterocycles. The average molecular weight is 289 g/mol. The molecular weight excluding hydrogens is 262 g/mol. The van der Waals surface area contributed by atoms with Gasteiger partial charge in [-0.25, -0.2) is 0 Å². The van der Waals surface area contributed by atoms with Crippen LogP contribution in [0.1, 0.15) is 45.4 Å². The maximum atomic E-state index is 6.32. The lowest BCUT2D eigenvalue weighted by atomic mass is 10.0. The smallest absolute Gasteiger partial charge is 0.161 e. The van der Waals surface area contributed by atoms with Gasteiger partial charge in [-0.1, -0.05) is 19.1 Å². The lowest BCUT2D eigenvalue weighted by Crippen LogP contribution is -2.29. The van der Waals surface area contributed by atoms with Crippen molar-refractivity contribution < 1.29 is 9.47 Å². The Labute approximate surface area is 128 Å². The molecule has 0 aromatic heterocycles. The zero-order valence-corrected chi connectivity index (χ0v) is 13.0. The van der Waals surface area contributed by atoms with E-state index in [-0.39, 0.29) is 6.10 Å². The molecule has 3 rings (SSSR count). The average Bonchev–Trinajstić information content (AvgIpc) is 2.92. The Balaban J connectivity index is 1.68. The molecule has 21 heavy (non-hydrogen) atoms. The van der Waals surface area contributed by atoms with E-state index in [0.29, 0.717) is 12.0 Å². The Morgan fingerprint density at radius 2 is 1.67 bits per heavy atom. The fourth-order valence-electron chi connectivity index (χ4n) is 3.34. The first-order valence-electron chi connectivity index (χ1n) is 8.46. The van der Waals surface area contributed by atoms with Crippen molar-refractivity contribution in [3.63, 3.8) is 0 Å². The summed E-state index contributed by atoms with van der Waals surface area (Å²) in [6.45, 7) is 4.41. The minimum absolute atomic E-state index is 0.285. The van der Waals surface area contributed by atoms with Crippen LogP contribution in [0.4, 0.5) is 0 Å². The molecule has 2 fully saturated rings. The van der Waals surface area contributed by atoms with E-state index in [1.807, 2.05) is 18.2 Å². The lowest BCUT2D eigenvalue weighted by molar-refractivity contribution is 0.126. The summed E-state index contributed by atoms with van der Waals surface area (Å²) in [6.07, 6.45) is 7.90. The van der Waals surface area contributed by atoms with Crippen LogP contribution in [0.5, 0.6) is 11.5 Å². The van der Waals surface area contributed by atoms with Gasteiger partial charge in [0.1, 0.15) is 6.10 Å². The van der Waals surface area contributed by atoms with Crippen molar-refractivity contribution in [1.82, 2.24) is 5.32 Å². The number of rotatable bonds is 4. The monoisotopic (exact) mass is 289 g/mol. The second kappa shape index (κ2) is 7.17. The number of benzene rings is 1. The molecule has 2 atom stereocenters. The fraction of sp³-hybridized carbons (Fsp3) is 0.667. The van der Waals surface area contributed by atoms with Gasteiger partial charge in [-0.2, -0.15) is 0 Å². The molecular formula is C18H27NO2. The molecule has 1 saturated carbocycles. The second-order valence-corrected chi connectivity index (χ2v) is 6.45. The number of nitrogens with one attached hydrogen (secondary N) is 1. The Bertz CT molecular complexity index is 443. The highest BCUT2D eigenvalue weighted by molar-refractivity contribution is 5.39. The molecule has 1 aromatic carbocycles. The van der Waals surface area contributed by atoms with Crippen LogP contribution in [-0.2, 0) is 0 Å². The van der Waals surface area contributed by atoms with E-state index in [1.54, 1.807) is 0 Å². The third-order valence-corrected chi connectivity index (χ3v) is 4.67. The quantitative estimate of drug-likeness (QED) is 0.915. The van der Waals surface area contributed by atoms with Crippen LogP contribution < -0.4 is 14.8 Å². The summed E-state index contributed by atoms with van der Waals surface area (Å²) in [6, 6.07) is 8.17. The van der Waals surface area contributed by atoms with Gasteiger partial charge in [0.05, 0.1) is 6.10 Å². The summed E-state index contributed by atoms with van der Waals surface area (Å²) in [7, 11) is 0. The van der Waals surface area contributed by atoms with Gasteiger partial charge < -0.3 is 14.8 Å². The van der Waals surface area contributed by atoms with Gasteiger partial charge in [0.25, 0.3) is 0 Å². The molecule has 2 aliphatic rings. The molecule has 0 spiro atoms. The zero-order chi connectivity index (χ0) is 14.5. The molecule has 0 bridgehead atoms. The predicted octanol–water partition coefficient (Wildman–Crippen LogP) is 3.77. The van der Waals surface area contributed by atoms with Crippen LogP contribution in [0.15, 0.2) is 24.3 Å². The van der Waals surface area contributed by atoms with Crippen LogP contribution in [0.2, 0.25) is 0 Å². The third-order valence-electron chi connectivity index (χ3n) is 4.67. The minimum Gasteiger partial charge on any atom is -0.487 e. The van der Waals surface area contributed by atoms with Gasteiger partial charge in [0.15, 0.2) is 11.5 Å².